The average Bonchev–Trinajstić information content (AvgIpc) is 3.01. The number of carbonyl (C=O) groups is 1. The minimum Gasteiger partial charge on any atom is -0.362 e. The van der Waals surface area contributed by atoms with Crippen molar-refractivity contribution >= 4 is 28.9 Å². The third kappa shape index (κ3) is 3.43. The highest BCUT2D eigenvalue weighted by molar-refractivity contribution is 6.30. The van der Waals surface area contributed by atoms with Crippen LogP contribution in [-0.4, -0.2) is 38.6 Å². The van der Waals surface area contributed by atoms with Crippen LogP contribution in [0.2, 0.25) is 5.02 Å². The molecule has 0 fully saturated rings. The fraction of sp³-hybridized carbons (Fsp3) is 0.176. The van der Waals surface area contributed by atoms with Crippen molar-refractivity contribution in [3.05, 3.63) is 74.8 Å². The number of rotatable bonds is 3. The van der Waals surface area contributed by atoms with Gasteiger partial charge in [0.1, 0.15) is 0 Å². The number of benzene rings is 2. The zero-order chi connectivity index (χ0) is 20.7. The molecule has 0 radical (unpaired) electrons. The number of hydrogen-bond donors (Lipinski definition) is 1. The van der Waals surface area contributed by atoms with Crippen molar-refractivity contribution in [2.45, 2.75) is 18.3 Å². The van der Waals surface area contributed by atoms with Gasteiger partial charge in [-0.15, -0.1) is 0 Å². The molecule has 7 nitrogen and oxygen atoms in total. The van der Waals surface area contributed by atoms with Crippen LogP contribution in [0.1, 0.15) is 22.3 Å². The van der Waals surface area contributed by atoms with Crippen LogP contribution >= 0.6 is 11.6 Å². The molecule has 0 aliphatic carbocycles. The molecule has 0 bridgehead atoms. The SMILES string of the molecule is O=C(c1ccc(Cl)cc1)N1N=C(c2cccc([N+](=O)[O-])c2)CC1(O)C(F)(F)F. The molecule has 28 heavy (non-hydrogen) atoms. The van der Waals surface area contributed by atoms with E-state index in [1.807, 2.05) is 0 Å². The van der Waals surface area contributed by atoms with Crippen LogP contribution in [0.4, 0.5) is 18.9 Å². The maximum absolute atomic E-state index is 13.6. The van der Waals surface area contributed by atoms with Gasteiger partial charge in [-0.05, 0) is 24.3 Å². The molecule has 0 saturated heterocycles. The number of halogens is 4. The van der Waals surface area contributed by atoms with Crippen molar-refractivity contribution in [3.8, 4) is 0 Å². The van der Waals surface area contributed by atoms with E-state index in [-0.39, 0.29) is 32.6 Å². The van der Waals surface area contributed by atoms with E-state index in [0.29, 0.717) is 0 Å². The Morgan fingerprint density at radius 1 is 1.25 bits per heavy atom. The first-order chi connectivity index (χ1) is 13.0. The molecule has 0 saturated carbocycles. The number of alkyl halides is 3. The predicted molar refractivity (Wildman–Crippen MR) is 92.9 cm³/mol. The maximum Gasteiger partial charge on any atom is 0.438 e. The van der Waals surface area contributed by atoms with Crippen molar-refractivity contribution in [1.29, 1.82) is 0 Å². The molecule has 146 valence electrons. The summed E-state index contributed by atoms with van der Waals surface area (Å²) in [6.07, 6.45) is -6.29. The topological polar surface area (TPSA) is 96.0 Å². The van der Waals surface area contributed by atoms with Crippen molar-refractivity contribution in [3.63, 3.8) is 0 Å². The molecule has 2 aromatic rings. The quantitative estimate of drug-likeness (QED) is 0.612. The van der Waals surface area contributed by atoms with Crippen LogP contribution in [0.5, 0.6) is 0 Å². The molecule has 1 atom stereocenters. The van der Waals surface area contributed by atoms with Crippen molar-refractivity contribution < 1.29 is 28.0 Å². The van der Waals surface area contributed by atoms with Gasteiger partial charge in [0.2, 0.25) is 0 Å². The maximum atomic E-state index is 13.6. The first-order valence-corrected chi connectivity index (χ1v) is 8.12. The van der Waals surface area contributed by atoms with Crippen molar-refractivity contribution in [2.75, 3.05) is 0 Å². The van der Waals surface area contributed by atoms with E-state index in [1.165, 1.54) is 36.4 Å². The summed E-state index contributed by atoms with van der Waals surface area (Å²) < 4.78 is 40.8. The van der Waals surface area contributed by atoms with Crippen LogP contribution in [0, 0.1) is 10.1 Å². The highest BCUT2D eigenvalue weighted by Crippen LogP contribution is 2.42. The Labute approximate surface area is 160 Å². The predicted octanol–water partition coefficient (Wildman–Crippen LogP) is 3.75. The number of nitro benzene ring substituents is 1. The molecular formula is C17H11ClF3N3O4. The zero-order valence-corrected chi connectivity index (χ0v) is 14.6. The number of nitro groups is 1. The van der Waals surface area contributed by atoms with Crippen LogP contribution in [0.3, 0.4) is 0 Å². The Morgan fingerprint density at radius 2 is 1.89 bits per heavy atom. The van der Waals surface area contributed by atoms with E-state index < -0.39 is 29.2 Å². The van der Waals surface area contributed by atoms with E-state index in [9.17, 15) is 33.2 Å². The number of aliphatic hydroxyl groups is 1. The highest BCUT2D eigenvalue weighted by atomic mass is 35.5. The summed E-state index contributed by atoms with van der Waals surface area (Å²) in [5.74, 6) is -1.20. The zero-order valence-electron chi connectivity index (χ0n) is 13.9. The summed E-state index contributed by atoms with van der Waals surface area (Å²) in [5.41, 5.74) is -4.45. The Bertz CT molecular complexity index is 978. The minimum absolute atomic E-state index is 0.0109. The molecule has 11 heteroatoms. The lowest BCUT2D eigenvalue weighted by atomic mass is 10.00. The molecule has 0 spiro atoms. The summed E-state index contributed by atoms with van der Waals surface area (Å²) in [5, 5.41) is 25.1. The van der Waals surface area contributed by atoms with E-state index in [2.05, 4.69) is 5.10 Å². The van der Waals surface area contributed by atoms with Crippen LogP contribution < -0.4 is 0 Å². The second kappa shape index (κ2) is 6.88. The number of nitrogens with zero attached hydrogens (tertiary/aromatic N) is 3. The summed E-state index contributed by atoms with van der Waals surface area (Å²) >= 11 is 5.71. The number of amides is 1. The van der Waals surface area contributed by atoms with Crippen molar-refractivity contribution in [2.24, 2.45) is 5.10 Å². The van der Waals surface area contributed by atoms with Gasteiger partial charge in [-0.1, -0.05) is 23.7 Å². The van der Waals surface area contributed by atoms with Crippen LogP contribution in [-0.2, 0) is 0 Å². The van der Waals surface area contributed by atoms with Gasteiger partial charge in [0.25, 0.3) is 17.3 Å². The van der Waals surface area contributed by atoms with Gasteiger partial charge in [-0.3, -0.25) is 14.9 Å². The number of hydrazone groups is 1. The summed E-state index contributed by atoms with van der Waals surface area (Å²) in [7, 11) is 0. The lowest BCUT2D eigenvalue weighted by molar-refractivity contribution is -0.384. The van der Waals surface area contributed by atoms with Gasteiger partial charge in [-0.25, -0.2) is 0 Å². The first kappa shape index (κ1) is 19.8. The van der Waals surface area contributed by atoms with Gasteiger partial charge in [-0.2, -0.15) is 23.3 Å². The van der Waals surface area contributed by atoms with Gasteiger partial charge < -0.3 is 5.11 Å². The Hall–Kier alpha value is -2.98. The molecule has 1 aliphatic rings. The molecule has 1 unspecified atom stereocenters. The van der Waals surface area contributed by atoms with Gasteiger partial charge in [0.05, 0.1) is 17.1 Å². The monoisotopic (exact) mass is 413 g/mol. The van der Waals surface area contributed by atoms with Crippen molar-refractivity contribution in [1.82, 2.24) is 5.01 Å². The molecule has 2 aromatic carbocycles. The van der Waals surface area contributed by atoms with Gasteiger partial charge >= 0.3 is 6.18 Å². The standard InChI is InChI=1S/C17H11ClF3N3O4/c18-12-6-4-10(5-7-12)15(25)23-16(26,17(19,20)21)9-14(22-23)11-2-1-3-13(8-11)24(27)28/h1-8,26H,9H2. The Balaban J connectivity index is 2.06. The van der Waals surface area contributed by atoms with E-state index >= 15 is 0 Å². The lowest BCUT2D eigenvalue weighted by Gasteiger charge is -2.32. The first-order valence-electron chi connectivity index (χ1n) is 7.74. The molecular weight excluding hydrogens is 403 g/mol. The Morgan fingerprint density at radius 3 is 2.46 bits per heavy atom. The number of hydrogen-bond acceptors (Lipinski definition) is 5. The number of non-ortho nitro benzene ring substituents is 1. The van der Waals surface area contributed by atoms with Gasteiger partial charge in [0, 0.05) is 28.3 Å². The normalized spacial score (nSPS) is 19.5. The smallest absolute Gasteiger partial charge is 0.362 e. The van der Waals surface area contributed by atoms with E-state index in [4.69, 9.17) is 11.6 Å². The fourth-order valence-electron chi connectivity index (χ4n) is 2.65. The fourth-order valence-corrected chi connectivity index (χ4v) is 2.78. The average molecular weight is 414 g/mol. The highest BCUT2D eigenvalue weighted by Gasteiger charge is 2.63. The second-order valence-electron chi connectivity index (χ2n) is 5.97. The Kier molecular flexibility index (Phi) is 4.86. The van der Waals surface area contributed by atoms with Crippen LogP contribution in [0.15, 0.2) is 53.6 Å². The second-order valence-corrected chi connectivity index (χ2v) is 6.41. The lowest BCUT2D eigenvalue weighted by Crippen LogP contribution is -2.56. The number of carbonyl (C=O) groups excluding carboxylic acids is 1. The molecule has 3 rings (SSSR count). The summed E-state index contributed by atoms with van der Waals surface area (Å²) in [6.45, 7) is 0. The third-order valence-electron chi connectivity index (χ3n) is 4.11. The molecule has 1 N–H and O–H groups in total. The van der Waals surface area contributed by atoms with Gasteiger partial charge in [0.15, 0.2) is 0 Å². The largest absolute Gasteiger partial charge is 0.438 e. The molecule has 1 heterocycles. The molecule has 1 amide bonds. The summed E-state index contributed by atoms with van der Waals surface area (Å²) in [6, 6.07) is 9.76. The third-order valence-corrected chi connectivity index (χ3v) is 4.36. The van der Waals surface area contributed by atoms with E-state index in [0.717, 1.165) is 12.1 Å². The van der Waals surface area contributed by atoms with E-state index in [1.54, 1.807) is 0 Å². The minimum atomic E-state index is -5.22. The summed E-state index contributed by atoms with van der Waals surface area (Å²) in [4.78, 5) is 22.8. The molecule has 1 aliphatic heterocycles. The van der Waals surface area contributed by atoms with Crippen LogP contribution in [0.25, 0.3) is 0 Å². The molecule has 0 aromatic heterocycles.